The molecule has 2 aromatic rings. The predicted molar refractivity (Wildman–Crippen MR) is 75.0 cm³/mol. The molecule has 0 aliphatic carbocycles. The van der Waals surface area contributed by atoms with Gasteiger partial charge in [0.15, 0.2) is 11.0 Å². The maximum absolute atomic E-state index is 5.92. The first-order valence-corrected chi connectivity index (χ1v) is 6.24. The second-order valence-electron chi connectivity index (χ2n) is 4.43. The van der Waals surface area contributed by atoms with Crippen LogP contribution in [-0.4, -0.2) is 10.2 Å². The van der Waals surface area contributed by atoms with Gasteiger partial charge in [0.05, 0.1) is 0 Å². The van der Waals surface area contributed by atoms with E-state index in [0.717, 1.165) is 23.5 Å². The number of aryl methyl sites for hydroxylation is 1. The molecule has 1 aromatic carbocycles. The Kier molecular flexibility index (Phi) is 3.82. The molecule has 0 atom stereocenters. The summed E-state index contributed by atoms with van der Waals surface area (Å²) >= 11 is 5.92. The fourth-order valence-electron chi connectivity index (χ4n) is 1.75. The lowest BCUT2D eigenvalue weighted by atomic mass is 10.1. The minimum absolute atomic E-state index is 0.466. The van der Waals surface area contributed by atoms with Crippen LogP contribution in [0.3, 0.4) is 0 Å². The number of hydrogen-bond acceptors (Lipinski definition) is 3. The molecule has 1 N–H and O–H groups in total. The lowest BCUT2D eigenvalue weighted by Gasteiger charge is -2.10. The Labute approximate surface area is 112 Å². The molecule has 94 valence electrons. The predicted octanol–water partition coefficient (Wildman–Crippen LogP) is 3.67. The average Bonchev–Trinajstić information content (AvgIpc) is 2.35. The molecule has 0 saturated carbocycles. The number of aromatic nitrogens is 2. The van der Waals surface area contributed by atoms with Crippen LogP contribution >= 0.6 is 11.6 Å². The van der Waals surface area contributed by atoms with Gasteiger partial charge in [-0.05, 0) is 37.5 Å². The second kappa shape index (κ2) is 5.36. The summed E-state index contributed by atoms with van der Waals surface area (Å²) in [6, 6.07) is 8.38. The summed E-state index contributed by atoms with van der Waals surface area (Å²) in [5.41, 5.74) is 4.49. The number of hydrogen-bond donors (Lipinski definition) is 1. The first-order chi connectivity index (χ1) is 8.58. The maximum atomic E-state index is 5.92. The molecule has 0 bridgehead atoms. The SMILES string of the molecule is Cc1cccc(CNc2nnc(Cl)c(C)c2C)c1. The van der Waals surface area contributed by atoms with Gasteiger partial charge in [-0.1, -0.05) is 41.4 Å². The minimum atomic E-state index is 0.466. The number of nitrogens with one attached hydrogen (secondary N) is 1. The molecule has 0 saturated heterocycles. The van der Waals surface area contributed by atoms with Crippen LogP contribution in [0.5, 0.6) is 0 Å². The third-order valence-electron chi connectivity index (χ3n) is 3.01. The molecule has 0 radical (unpaired) electrons. The highest BCUT2D eigenvalue weighted by Crippen LogP contribution is 2.21. The Hall–Kier alpha value is -1.61. The van der Waals surface area contributed by atoms with Crippen molar-refractivity contribution in [2.24, 2.45) is 0 Å². The Morgan fingerprint density at radius 1 is 1.11 bits per heavy atom. The number of rotatable bonds is 3. The summed E-state index contributed by atoms with van der Waals surface area (Å²) in [6.45, 7) is 6.76. The largest absolute Gasteiger partial charge is 0.364 e. The van der Waals surface area contributed by atoms with Crippen LogP contribution in [0.25, 0.3) is 0 Å². The van der Waals surface area contributed by atoms with Gasteiger partial charge in [0.1, 0.15) is 0 Å². The van der Waals surface area contributed by atoms with Crippen LogP contribution in [0.4, 0.5) is 5.82 Å². The van der Waals surface area contributed by atoms with Crippen molar-refractivity contribution < 1.29 is 0 Å². The lowest BCUT2D eigenvalue weighted by Crippen LogP contribution is -2.06. The maximum Gasteiger partial charge on any atom is 0.155 e. The summed E-state index contributed by atoms with van der Waals surface area (Å²) in [4.78, 5) is 0. The fraction of sp³-hybridized carbons (Fsp3) is 0.286. The zero-order valence-electron chi connectivity index (χ0n) is 10.8. The zero-order chi connectivity index (χ0) is 13.1. The molecule has 0 fully saturated rings. The van der Waals surface area contributed by atoms with Crippen molar-refractivity contribution >= 4 is 17.4 Å². The highest BCUT2D eigenvalue weighted by molar-refractivity contribution is 6.30. The molecule has 0 unspecified atom stereocenters. The summed E-state index contributed by atoms with van der Waals surface area (Å²) < 4.78 is 0. The molecule has 4 heteroatoms. The van der Waals surface area contributed by atoms with Crippen molar-refractivity contribution in [1.82, 2.24) is 10.2 Å². The molecule has 1 heterocycles. The van der Waals surface area contributed by atoms with Gasteiger partial charge in [-0.2, -0.15) is 0 Å². The molecule has 1 aromatic heterocycles. The quantitative estimate of drug-likeness (QED) is 0.916. The number of nitrogens with zero attached hydrogens (tertiary/aromatic N) is 2. The van der Waals surface area contributed by atoms with Crippen molar-refractivity contribution in [3.05, 3.63) is 51.7 Å². The van der Waals surface area contributed by atoms with E-state index in [9.17, 15) is 0 Å². The second-order valence-corrected chi connectivity index (χ2v) is 4.79. The van der Waals surface area contributed by atoms with Gasteiger partial charge in [-0.15, -0.1) is 10.2 Å². The van der Waals surface area contributed by atoms with E-state index in [0.29, 0.717) is 5.15 Å². The zero-order valence-corrected chi connectivity index (χ0v) is 11.5. The third-order valence-corrected chi connectivity index (χ3v) is 3.37. The highest BCUT2D eigenvalue weighted by atomic mass is 35.5. The smallest absolute Gasteiger partial charge is 0.155 e. The van der Waals surface area contributed by atoms with Crippen LogP contribution in [0.2, 0.25) is 5.15 Å². The highest BCUT2D eigenvalue weighted by Gasteiger charge is 2.07. The molecular formula is C14H16ClN3. The number of benzene rings is 1. The van der Waals surface area contributed by atoms with Crippen molar-refractivity contribution in [2.75, 3.05) is 5.32 Å². The van der Waals surface area contributed by atoms with E-state index in [4.69, 9.17) is 11.6 Å². The first-order valence-electron chi connectivity index (χ1n) is 5.86. The normalized spacial score (nSPS) is 10.4. The molecule has 0 amide bonds. The monoisotopic (exact) mass is 261 g/mol. The van der Waals surface area contributed by atoms with Gasteiger partial charge < -0.3 is 5.32 Å². The molecule has 0 aliphatic rings. The fourth-order valence-corrected chi connectivity index (χ4v) is 1.93. The van der Waals surface area contributed by atoms with Gasteiger partial charge >= 0.3 is 0 Å². The molecule has 0 spiro atoms. The summed E-state index contributed by atoms with van der Waals surface area (Å²) in [5.74, 6) is 0.790. The van der Waals surface area contributed by atoms with E-state index < -0.39 is 0 Å². The Balaban J connectivity index is 2.14. The van der Waals surface area contributed by atoms with Gasteiger partial charge in [-0.3, -0.25) is 0 Å². The van der Waals surface area contributed by atoms with Crippen molar-refractivity contribution in [3.8, 4) is 0 Å². The molecule has 3 nitrogen and oxygen atoms in total. The van der Waals surface area contributed by atoms with Gasteiger partial charge in [0.2, 0.25) is 0 Å². The van der Waals surface area contributed by atoms with Crippen LogP contribution < -0.4 is 5.32 Å². The lowest BCUT2D eigenvalue weighted by molar-refractivity contribution is 0.971. The molecular weight excluding hydrogens is 246 g/mol. The Morgan fingerprint density at radius 2 is 1.89 bits per heavy atom. The first kappa shape index (κ1) is 12.8. The van der Waals surface area contributed by atoms with Gasteiger partial charge in [0, 0.05) is 6.54 Å². The minimum Gasteiger partial charge on any atom is -0.364 e. The number of halogens is 1. The van der Waals surface area contributed by atoms with E-state index in [1.807, 2.05) is 13.8 Å². The standard InChI is InChI=1S/C14H16ClN3/c1-9-5-4-6-12(7-9)8-16-14-11(3)10(2)13(15)17-18-14/h4-7H,8H2,1-3H3,(H,16,18). The van der Waals surface area contributed by atoms with E-state index in [1.165, 1.54) is 11.1 Å². The average molecular weight is 262 g/mol. The summed E-state index contributed by atoms with van der Waals surface area (Å²) in [6.07, 6.45) is 0. The van der Waals surface area contributed by atoms with Crippen LogP contribution in [-0.2, 0) is 6.54 Å². The third kappa shape index (κ3) is 2.79. The summed E-state index contributed by atoms with van der Waals surface area (Å²) in [5, 5.41) is 11.8. The van der Waals surface area contributed by atoms with Crippen molar-refractivity contribution in [1.29, 1.82) is 0 Å². The van der Waals surface area contributed by atoms with E-state index in [-0.39, 0.29) is 0 Å². The molecule has 18 heavy (non-hydrogen) atoms. The van der Waals surface area contributed by atoms with Crippen LogP contribution in [0.1, 0.15) is 22.3 Å². The van der Waals surface area contributed by atoms with E-state index in [1.54, 1.807) is 0 Å². The Bertz CT molecular complexity index is 567. The van der Waals surface area contributed by atoms with Gasteiger partial charge in [-0.25, -0.2) is 0 Å². The van der Waals surface area contributed by atoms with E-state index in [2.05, 4.69) is 46.7 Å². The Morgan fingerprint density at radius 3 is 2.61 bits per heavy atom. The van der Waals surface area contributed by atoms with E-state index >= 15 is 0 Å². The van der Waals surface area contributed by atoms with Crippen molar-refractivity contribution in [2.45, 2.75) is 27.3 Å². The van der Waals surface area contributed by atoms with Crippen molar-refractivity contribution in [3.63, 3.8) is 0 Å². The molecule has 0 aliphatic heterocycles. The summed E-state index contributed by atoms with van der Waals surface area (Å²) in [7, 11) is 0. The van der Waals surface area contributed by atoms with Crippen LogP contribution in [0, 0.1) is 20.8 Å². The van der Waals surface area contributed by atoms with Crippen LogP contribution in [0.15, 0.2) is 24.3 Å². The number of anilines is 1. The topological polar surface area (TPSA) is 37.8 Å². The molecule has 2 rings (SSSR count). The van der Waals surface area contributed by atoms with Gasteiger partial charge in [0.25, 0.3) is 0 Å².